The van der Waals surface area contributed by atoms with Crippen molar-refractivity contribution in [3.8, 4) is 5.75 Å². The summed E-state index contributed by atoms with van der Waals surface area (Å²) < 4.78 is 33.8. The first-order valence-electron chi connectivity index (χ1n) is 10.6. The van der Waals surface area contributed by atoms with Crippen LogP contribution < -0.4 is 9.46 Å². The van der Waals surface area contributed by atoms with Crippen LogP contribution in [0, 0.1) is 12.8 Å². The minimum absolute atomic E-state index is 0.0717. The molecule has 174 valence electrons. The molecule has 1 saturated heterocycles. The number of carbonyl (C=O) groups excluding carboxylic acids is 1. The lowest BCUT2D eigenvalue weighted by Gasteiger charge is -2.30. The number of halogens is 1. The van der Waals surface area contributed by atoms with E-state index in [0.717, 1.165) is 23.3 Å². The van der Waals surface area contributed by atoms with Crippen LogP contribution in [0.4, 0.5) is 0 Å². The molecule has 6 nitrogen and oxygen atoms in total. The SMILES string of the molecule is CSc1ccc(S(=O)(=O)NCCOc2ccc(C)c(Cl)c2)cc1C(=O)N1CCC(C)CC1. The predicted octanol–water partition coefficient (Wildman–Crippen LogP) is 4.60. The lowest BCUT2D eigenvalue weighted by molar-refractivity contribution is 0.0693. The number of hydrogen-bond donors (Lipinski definition) is 1. The topological polar surface area (TPSA) is 75.7 Å². The second kappa shape index (κ2) is 10.9. The maximum atomic E-state index is 13.1. The maximum absolute atomic E-state index is 13.1. The third-order valence-corrected chi connectivity index (χ3v) is 8.25. The van der Waals surface area contributed by atoms with Crippen molar-refractivity contribution in [2.45, 2.75) is 36.5 Å². The fraction of sp³-hybridized carbons (Fsp3) is 0.435. The fourth-order valence-corrected chi connectivity index (χ4v) is 5.27. The van der Waals surface area contributed by atoms with E-state index in [-0.39, 0.29) is 24.0 Å². The maximum Gasteiger partial charge on any atom is 0.255 e. The lowest BCUT2D eigenvalue weighted by atomic mass is 9.98. The number of rotatable bonds is 8. The van der Waals surface area contributed by atoms with Crippen molar-refractivity contribution in [1.29, 1.82) is 0 Å². The van der Waals surface area contributed by atoms with Gasteiger partial charge in [0.25, 0.3) is 5.91 Å². The first-order valence-corrected chi connectivity index (χ1v) is 13.7. The first kappa shape index (κ1) is 24.9. The van der Waals surface area contributed by atoms with Gasteiger partial charge >= 0.3 is 0 Å². The van der Waals surface area contributed by atoms with E-state index in [0.29, 0.717) is 35.3 Å². The van der Waals surface area contributed by atoms with Crippen LogP contribution in [-0.4, -0.2) is 51.7 Å². The Morgan fingerprint density at radius 3 is 2.59 bits per heavy atom. The van der Waals surface area contributed by atoms with Crippen LogP contribution in [0.1, 0.15) is 35.7 Å². The van der Waals surface area contributed by atoms with Crippen LogP contribution in [0.3, 0.4) is 0 Å². The number of benzene rings is 2. The fourth-order valence-electron chi connectivity index (χ4n) is 3.50. The Balaban J connectivity index is 1.67. The van der Waals surface area contributed by atoms with Crippen molar-refractivity contribution in [3.63, 3.8) is 0 Å². The molecule has 3 rings (SSSR count). The number of piperidine rings is 1. The quantitative estimate of drug-likeness (QED) is 0.427. The molecule has 1 fully saturated rings. The molecular weight excluding hydrogens is 468 g/mol. The molecule has 1 aliphatic heterocycles. The number of ether oxygens (including phenoxy) is 1. The molecule has 0 spiro atoms. The number of hydrogen-bond acceptors (Lipinski definition) is 5. The van der Waals surface area contributed by atoms with Gasteiger partial charge in [0.15, 0.2) is 0 Å². The number of likely N-dealkylation sites (tertiary alicyclic amines) is 1. The second-order valence-corrected chi connectivity index (χ2v) is 11.0. The molecule has 0 bridgehead atoms. The minimum Gasteiger partial charge on any atom is -0.492 e. The molecule has 0 unspecified atom stereocenters. The molecule has 0 radical (unpaired) electrons. The summed E-state index contributed by atoms with van der Waals surface area (Å²) >= 11 is 7.52. The Morgan fingerprint density at radius 2 is 1.94 bits per heavy atom. The monoisotopic (exact) mass is 496 g/mol. The van der Waals surface area contributed by atoms with Crippen LogP contribution in [0.15, 0.2) is 46.2 Å². The largest absolute Gasteiger partial charge is 0.492 e. The summed E-state index contributed by atoms with van der Waals surface area (Å²) in [5.74, 6) is 1.07. The molecule has 32 heavy (non-hydrogen) atoms. The van der Waals surface area contributed by atoms with Crippen LogP contribution in [-0.2, 0) is 10.0 Å². The summed E-state index contributed by atoms with van der Waals surface area (Å²) in [7, 11) is -3.79. The molecule has 0 saturated carbocycles. The van der Waals surface area contributed by atoms with E-state index in [1.807, 2.05) is 24.1 Å². The van der Waals surface area contributed by atoms with Crippen molar-refractivity contribution >= 4 is 39.3 Å². The molecule has 2 aromatic rings. The highest BCUT2D eigenvalue weighted by Gasteiger charge is 2.25. The average molecular weight is 497 g/mol. The number of aryl methyl sites for hydroxylation is 1. The minimum atomic E-state index is -3.79. The summed E-state index contributed by atoms with van der Waals surface area (Å²) in [5, 5.41) is 0.595. The van der Waals surface area contributed by atoms with Gasteiger partial charge in [0.1, 0.15) is 12.4 Å². The summed E-state index contributed by atoms with van der Waals surface area (Å²) in [5.41, 5.74) is 1.37. The van der Waals surface area contributed by atoms with E-state index in [1.165, 1.54) is 23.9 Å². The van der Waals surface area contributed by atoms with E-state index >= 15 is 0 Å². The van der Waals surface area contributed by atoms with Crippen LogP contribution in [0.25, 0.3) is 0 Å². The Bertz CT molecular complexity index is 1070. The molecule has 1 amide bonds. The molecular formula is C23H29ClN2O4S2. The van der Waals surface area contributed by atoms with Crippen molar-refractivity contribution in [1.82, 2.24) is 9.62 Å². The Hall–Kier alpha value is -1.74. The van der Waals surface area contributed by atoms with Crippen molar-refractivity contribution in [2.24, 2.45) is 5.92 Å². The zero-order valence-electron chi connectivity index (χ0n) is 18.6. The van der Waals surface area contributed by atoms with Crippen molar-refractivity contribution in [3.05, 3.63) is 52.5 Å². The van der Waals surface area contributed by atoms with Gasteiger partial charge in [-0.05, 0) is 67.8 Å². The van der Waals surface area contributed by atoms with E-state index < -0.39 is 10.0 Å². The number of amides is 1. The van der Waals surface area contributed by atoms with Crippen LogP contribution in [0.5, 0.6) is 5.75 Å². The molecule has 0 aromatic heterocycles. The smallest absolute Gasteiger partial charge is 0.255 e. The summed E-state index contributed by atoms with van der Waals surface area (Å²) in [6.45, 7) is 5.72. The van der Waals surface area contributed by atoms with Gasteiger partial charge in [-0.3, -0.25) is 4.79 Å². The zero-order chi connectivity index (χ0) is 23.3. The first-order chi connectivity index (χ1) is 15.2. The van der Waals surface area contributed by atoms with E-state index in [4.69, 9.17) is 16.3 Å². The number of sulfonamides is 1. The number of nitrogens with zero attached hydrogens (tertiary/aromatic N) is 1. The number of nitrogens with one attached hydrogen (secondary N) is 1. The van der Waals surface area contributed by atoms with Gasteiger partial charge < -0.3 is 9.64 Å². The highest BCUT2D eigenvalue weighted by atomic mass is 35.5. The summed E-state index contributed by atoms with van der Waals surface area (Å²) in [6, 6.07) is 10.0. The molecule has 1 N–H and O–H groups in total. The lowest BCUT2D eigenvalue weighted by Crippen LogP contribution is -2.38. The summed E-state index contributed by atoms with van der Waals surface area (Å²) in [4.78, 5) is 15.8. The summed E-state index contributed by atoms with van der Waals surface area (Å²) in [6.07, 6.45) is 3.81. The molecule has 2 aromatic carbocycles. The Kier molecular flexibility index (Phi) is 8.49. The van der Waals surface area contributed by atoms with Crippen molar-refractivity contribution < 1.29 is 17.9 Å². The highest BCUT2D eigenvalue weighted by molar-refractivity contribution is 7.98. The van der Waals surface area contributed by atoms with Gasteiger partial charge in [0.05, 0.1) is 10.5 Å². The molecule has 9 heteroatoms. The van der Waals surface area contributed by atoms with Gasteiger partial charge in [-0.25, -0.2) is 13.1 Å². The molecule has 0 atom stereocenters. The molecule has 0 aliphatic carbocycles. The average Bonchev–Trinajstić information content (AvgIpc) is 2.78. The van der Waals surface area contributed by atoms with Crippen LogP contribution >= 0.6 is 23.4 Å². The third kappa shape index (κ3) is 6.19. The van der Waals surface area contributed by atoms with E-state index in [2.05, 4.69) is 11.6 Å². The van der Waals surface area contributed by atoms with Gasteiger partial charge in [0, 0.05) is 29.6 Å². The van der Waals surface area contributed by atoms with E-state index in [1.54, 1.807) is 18.2 Å². The molecule has 1 heterocycles. The van der Waals surface area contributed by atoms with E-state index in [9.17, 15) is 13.2 Å². The van der Waals surface area contributed by atoms with Gasteiger partial charge in [-0.2, -0.15) is 0 Å². The second-order valence-electron chi connectivity index (χ2n) is 7.99. The normalized spacial score (nSPS) is 15.1. The third-order valence-electron chi connectivity index (χ3n) is 5.59. The van der Waals surface area contributed by atoms with Gasteiger partial charge in [0.2, 0.25) is 10.0 Å². The van der Waals surface area contributed by atoms with Crippen LogP contribution in [0.2, 0.25) is 5.02 Å². The zero-order valence-corrected chi connectivity index (χ0v) is 20.9. The Morgan fingerprint density at radius 1 is 1.22 bits per heavy atom. The van der Waals surface area contributed by atoms with Gasteiger partial charge in [-0.15, -0.1) is 11.8 Å². The highest BCUT2D eigenvalue weighted by Crippen LogP contribution is 2.27. The number of carbonyl (C=O) groups is 1. The Labute approximate surface area is 199 Å². The predicted molar refractivity (Wildman–Crippen MR) is 129 cm³/mol. The van der Waals surface area contributed by atoms with Gasteiger partial charge in [-0.1, -0.05) is 24.6 Å². The van der Waals surface area contributed by atoms with Crippen molar-refractivity contribution in [2.75, 3.05) is 32.5 Å². The standard InChI is InChI=1S/C23H29ClN2O4S2/c1-16-8-11-26(12-9-16)23(27)20-15-19(6-7-22(20)31-3)32(28,29)25-10-13-30-18-5-4-17(2)21(24)14-18/h4-7,14-16,25H,8-13H2,1-3H3. The number of thioether (sulfide) groups is 1. The molecule has 1 aliphatic rings.